The van der Waals surface area contributed by atoms with Crippen molar-refractivity contribution in [2.45, 2.75) is 0 Å². The first kappa shape index (κ1) is 15.7. The monoisotopic (exact) mass is 350 g/mol. The predicted molar refractivity (Wildman–Crippen MR) is 100 cm³/mol. The van der Waals surface area contributed by atoms with Crippen LogP contribution in [0.2, 0.25) is 0 Å². The van der Waals surface area contributed by atoms with E-state index in [1.807, 2.05) is 43.4 Å². The van der Waals surface area contributed by atoms with Crippen LogP contribution < -0.4 is 4.90 Å². The second-order valence-corrected chi connectivity index (χ2v) is 6.90. The predicted octanol–water partition coefficient (Wildman–Crippen LogP) is 4.63. The highest BCUT2D eigenvalue weighted by molar-refractivity contribution is 7.21. The summed E-state index contributed by atoms with van der Waals surface area (Å²) in [5.74, 6) is 0.436. The molecule has 0 unspecified atom stereocenters. The summed E-state index contributed by atoms with van der Waals surface area (Å²) >= 11 is 1.62. The standard InChI is InChI=1S/C19H15FN4S/c1-24(2)18-8-5-14(11-22-18)16-9-12-3-6-15(23-19(12)25-16)13-4-7-17(20)21-10-13/h3-11H,1-2H3. The zero-order valence-corrected chi connectivity index (χ0v) is 14.6. The molecule has 0 spiro atoms. The third kappa shape index (κ3) is 3.08. The molecular weight excluding hydrogens is 335 g/mol. The highest BCUT2D eigenvalue weighted by Gasteiger charge is 2.09. The summed E-state index contributed by atoms with van der Waals surface area (Å²) in [7, 11) is 3.94. The van der Waals surface area contributed by atoms with Gasteiger partial charge in [0.15, 0.2) is 0 Å². The van der Waals surface area contributed by atoms with E-state index in [0.29, 0.717) is 0 Å². The van der Waals surface area contributed by atoms with Gasteiger partial charge in [-0.2, -0.15) is 4.39 Å². The molecule has 0 atom stereocenters. The van der Waals surface area contributed by atoms with Crippen molar-refractivity contribution in [1.29, 1.82) is 0 Å². The Morgan fingerprint density at radius 3 is 2.40 bits per heavy atom. The van der Waals surface area contributed by atoms with Gasteiger partial charge in [0.25, 0.3) is 0 Å². The van der Waals surface area contributed by atoms with Gasteiger partial charge in [0.2, 0.25) is 5.95 Å². The van der Waals surface area contributed by atoms with Gasteiger partial charge < -0.3 is 4.90 Å². The third-order valence-electron chi connectivity index (χ3n) is 3.90. The molecule has 4 heterocycles. The number of halogens is 1. The summed E-state index contributed by atoms with van der Waals surface area (Å²) in [5.41, 5.74) is 2.66. The number of aromatic nitrogens is 3. The van der Waals surface area contributed by atoms with Crippen molar-refractivity contribution in [2.75, 3.05) is 19.0 Å². The lowest BCUT2D eigenvalue weighted by atomic mass is 10.1. The highest BCUT2D eigenvalue weighted by Crippen LogP contribution is 2.34. The molecule has 0 aliphatic rings. The highest BCUT2D eigenvalue weighted by atomic mass is 32.1. The third-order valence-corrected chi connectivity index (χ3v) is 4.99. The van der Waals surface area contributed by atoms with Gasteiger partial charge in [0, 0.05) is 47.9 Å². The van der Waals surface area contributed by atoms with Crippen LogP contribution >= 0.6 is 11.3 Å². The first-order chi connectivity index (χ1) is 12.1. The van der Waals surface area contributed by atoms with Gasteiger partial charge in [-0.3, -0.25) is 0 Å². The van der Waals surface area contributed by atoms with Crippen molar-refractivity contribution in [3.63, 3.8) is 0 Å². The Morgan fingerprint density at radius 1 is 0.920 bits per heavy atom. The number of nitrogens with zero attached hydrogens (tertiary/aromatic N) is 4. The molecule has 0 aliphatic carbocycles. The molecule has 0 bridgehead atoms. The largest absolute Gasteiger partial charge is 0.363 e. The van der Waals surface area contributed by atoms with Crippen molar-refractivity contribution >= 4 is 27.4 Å². The fourth-order valence-corrected chi connectivity index (χ4v) is 3.57. The topological polar surface area (TPSA) is 41.9 Å². The van der Waals surface area contributed by atoms with E-state index in [0.717, 1.165) is 37.7 Å². The van der Waals surface area contributed by atoms with Crippen LogP contribution in [0, 0.1) is 5.95 Å². The van der Waals surface area contributed by atoms with Crippen LogP contribution in [0.4, 0.5) is 10.2 Å². The van der Waals surface area contributed by atoms with E-state index in [9.17, 15) is 4.39 Å². The van der Waals surface area contributed by atoms with Crippen molar-refractivity contribution in [2.24, 2.45) is 0 Å². The van der Waals surface area contributed by atoms with Crippen LogP contribution in [0.5, 0.6) is 0 Å². The van der Waals surface area contributed by atoms with E-state index < -0.39 is 5.95 Å². The van der Waals surface area contributed by atoms with E-state index in [1.165, 1.54) is 12.3 Å². The first-order valence-corrected chi connectivity index (χ1v) is 8.58. The van der Waals surface area contributed by atoms with Gasteiger partial charge in [-0.05, 0) is 42.5 Å². The number of rotatable bonds is 3. The van der Waals surface area contributed by atoms with Crippen LogP contribution in [-0.4, -0.2) is 29.0 Å². The molecule has 0 aromatic carbocycles. The average Bonchev–Trinajstić information content (AvgIpc) is 3.05. The van der Waals surface area contributed by atoms with Gasteiger partial charge >= 0.3 is 0 Å². The zero-order chi connectivity index (χ0) is 17.4. The first-order valence-electron chi connectivity index (χ1n) is 7.76. The smallest absolute Gasteiger partial charge is 0.212 e. The maximum absolute atomic E-state index is 13.0. The van der Waals surface area contributed by atoms with Crippen molar-refractivity contribution in [3.8, 4) is 21.7 Å². The second kappa shape index (κ2) is 6.22. The molecule has 124 valence electrons. The van der Waals surface area contributed by atoms with E-state index in [-0.39, 0.29) is 0 Å². The minimum Gasteiger partial charge on any atom is -0.363 e. The maximum Gasteiger partial charge on any atom is 0.212 e. The summed E-state index contributed by atoms with van der Waals surface area (Å²) < 4.78 is 13.0. The lowest BCUT2D eigenvalue weighted by molar-refractivity contribution is 0.584. The number of hydrogen-bond acceptors (Lipinski definition) is 5. The summed E-state index contributed by atoms with van der Waals surface area (Å²) in [6.07, 6.45) is 3.38. The normalized spacial score (nSPS) is 11.0. The van der Waals surface area contributed by atoms with Crippen molar-refractivity contribution in [1.82, 2.24) is 15.0 Å². The quantitative estimate of drug-likeness (QED) is 0.505. The molecule has 0 saturated carbocycles. The molecule has 4 rings (SSSR count). The fraction of sp³-hybridized carbons (Fsp3) is 0.105. The van der Waals surface area contributed by atoms with Gasteiger partial charge in [-0.25, -0.2) is 15.0 Å². The SMILES string of the molecule is CN(C)c1ccc(-c2cc3ccc(-c4ccc(F)nc4)nc3s2)cn1. The van der Waals surface area contributed by atoms with Crippen molar-refractivity contribution < 1.29 is 4.39 Å². The molecule has 0 aliphatic heterocycles. The lowest BCUT2D eigenvalue weighted by Gasteiger charge is -2.10. The number of pyridine rings is 3. The molecule has 4 aromatic rings. The fourth-order valence-electron chi connectivity index (χ4n) is 2.54. The van der Waals surface area contributed by atoms with E-state index in [4.69, 9.17) is 4.98 Å². The van der Waals surface area contributed by atoms with Crippen LogP contribution in [0.25, 0.3) is 31.9 Å². The maximum atomic E-state index is 13.0. The molecule has 0 N–H and O–H groups in total. The summed E-state index contributed by atoms with van der Waals surface area (Å²) in [5, 5.41) is 1.08. The van der Waals surface area contributed by atoms with Gasteiger partial charge in [-0.1, -0.05) is 0 Å². The Labute approximate surface area is 148 Å². The summed E-state index contributed by atoms with van der Waals surface area (Å²) in [6.45, 7) is 0. The number of anilines is 1. The molecular formula is C19H15FN4S. The van der Waals surface area contributed by atoms with Gasteiger partial charge in [0.05, 0.1) is 5.69 Å². The minimum absolute atomic E-state index is 0.489. The Kier molecular flexibility index (Phi) is 3.89. The second-order valence-electron chi connectivity index (χ2n) is 5.87. The molecule has 25 heavy (non-hydrogen) atoms. The number of fused-ring (bicyclic) bond motifs is 1. The molecule has 4 aromatic heterocycles. The Morgan fingerprint density at radius 2 is 1.72 bits per heavy atom. The molecule has 0 fully saturated rings. The van der Waals surface area contributed by atoms with Crippen LogP contribution in [0.1, 0.15) is 0 Å². The lowest BCUT2D eigenvalue weighted by Crippen LogP contribution is -2.09. The number of hydrogen-bond donors (Lipinski definition) is 0. The van der Waals surface area contributed by atoms with Crippen molar-refractivity contribution in [3.05, 3.63) is 60.8 Å². The number of thiophene rings is 1. The molecule has 0 radical (unpaired) electrons. The summed E-state index contributed by atoms with van der Waals surface area (Å²) in [6, 6.07) is 13.2. The van der Waals surface area contributed by atoms with E-state index >= 15 is 0 Å². The Bertz CT molecular complexity index is 1020. The molecule has 0 amide bonds. The minimum atomic E-state index is -0.489. The van der Waals surface area contributed by atoms with E-state index in [1.54, 1.807) is 17.4 Å². The molecule has 6 heteroatoms. The van der Waals surface area contributed by atoms with Crippen LogP contribution in [0.15, 0.2) is 54.9 Å². The Hall–Kier alpha value is -2.86. The summed E-state index contributed by atoms with van der Waals surface area (Å²) in [4.78, 5) is 16.9. The van der Waals surface area contributed by atoms with Gasteiger partial charge in [-0.15, -0.1) is 11.3 Å². The zero-order valence-electron chi connectivity index (χ0n) is 13.8. The van der Waals surface area contributed by atoms with Crippen LogP contribution in [0.3, 0.4) is 0 Å². The van der Waals surface area contributed by atoms with E-state index in [2.05, 4.69) is 22.1 Å². The average molecular weight is 350 g/mol. The van der Waals surface area contributed by atoms with Gasteiger partial charge in [0.1, 0.15) is 10.6 Å². The Balaban J connectivity index is 1.71. The molecule has 4 nitrogen and oxygen atoms in total. The molecule has 0 saturated heterocycles. The van der Waals surface area contributed by atoms with Crippen LogP contribution in [-0.2, 0) is 0 Å².